The van der Waals surface area contributed by atoms with Gasteiger partial charge < -0.3 is 20.6 Å². The Kier molecular flexibility index (Phi) is 8.94. The lowest BCUT2D eigenvalue weighted by molar-refractivity contribution is 0.203. The zero-order valence-electron chi connectivity index (χ0n) is 18.2. The van der Waals surface area contributed by atoms with Gasteiger partial charge in [0.25, 0.3) is 0 Å². The van der Waals surface area contributed by atoms with Crippen molar-refractivity contribution in [3.05, 3.63) is 42.0 Å². The number of fused-ring (bicyclic) bond motifs is 1. The van der Waals surface area contributed by atoms with Crippen LogP contribution >= 0.6 is 24.0 Å². The van der Waals surface area contributed by atoms with Crippen molar-refractivity contribution in [2.75, 3.05) is 31.1 Å². The second kappa shape index (κ2) is 11.7. The summed E-state index contributed by atoms with van der Waals surface area (Å²) in [4.78, 5) is 11.5. The third-order valence-corrected chi connectivity index (χ3v) is 6.08. The summed E-state index contributed by atoms with van der Waals surface area (Å²) in [6.07, 6.45) is 5.74. The number of anilines is 1. The number of nitrogens with one attached hydrogen (secondary N) is 2. The summed E-state index contributed by atoms with van der Waals surface area (Å²) in [6, 6.07) is 9.03. The van der Waals surface area contributed by atoms with Gasteiger partial charge in [-0.05, 0) is 49.8 Å². The number of aryl methyl sites for hydroxylation is 1. The lowest BCUT2D eigenvalue weighted by Gasteiger charge is -2.32. The number of guanidine groups is 1. The molecule has 1 atom stereocenters. The first-order valence-electron chi connectivity index (χ1n) is 11.1. The fraction of sp³-hybridized carbons (Fsp3) is 0.591. The molecule has 3 heterocycles. The fourth-order valence-corrected chi connectivity index (χ4v) is 4.23. The van der Waals surface area contributed by atoms with Gasteiger partial charge in [0.05, 0.1) is 13.1 Å². The Morgan fingerprint density at radius 3 is 2.68 bits per heavy atom. The third-order valence-electron chi connectivity index (χ3n) is 6.08. The van der Waals surface area contributed by atoms with Gasteiger partial charge >= 0.3 is 0 Å². The van der Waals surface area contributed by atoms with Crippen LogP contribution in [0.5, 0.6) is 0 Å². The molecule has 2 aliphatic heterocycles. The number of hydrogen-bond donors (Lipinski definition) is 3. The van der Waals surface area contributed by atoms with E-state index in [0.717, 1.165) is 63.6 Å². The highest BCUT2D eigenvalue weighted by Crippen LogP contribution is 2.23. The second-order valence-corrected chi connectivity index (χ2v) is 8.21. The number of aliphatic hydroxyl groups is 1. The van der Waals surface area contributed by atoms with E-state index < -0.39 is 0 Å². The van der Waals surface area contributed by atoms with Crippen molar-refractivity contribution >= 4 is 35.6 Å². The smallest absolute Gasteiger partial charge is 0.191 e. The highest BCUT2D eigenvalue weighted by molar-refractivity contribution is 14.0. The molecule has 1 aromatic carbocycles. The maximum Gasteiger partial charge on any atom is 0.191 e. The Morgan fingerprint density at radius 1 is 1.19 bits per heavy atom. The Balaban J connectivity index is 0.00000272. The van der Waals surface area contributed by atoms with Gasteiger partial charge in [-0.15, -0.1) is 24.0 Å². The number of nitrogens with zero attached hydrogens (tertiary/aromatic N) is 5. The van der Waals surface area contributed by atoms with Crippen molar-refractivity contribution in [2.45, 2.75) is 51.7 Å². The molecule has 1 saturated heterocycles. The highest BCUT2D eigenvalue weighted by atomic mass is 127. The Bertz CT molecular complexity index is 831. The second-order valence-electron chi connectivity index (χ2n) is 8.21. The minimum Gasteiger partial charge on any atom is -0.396 e. The van der Waals surface area contributed by atoms with Crippen LogP contribution in [0.15, 0.2) is 35.6 Å². The lowest BCUT2D eigenvalue weighted by Crippen LogP contribution is -2.47. The van der Waals surface area contributed by atoms with Crippen LogP contribution in [0.1, 0.15) is 37.6 Å². The van der Waals surface area contributed by atoms with Gasteiger partial charge in [0.1, 0.15) is 12.2 Å². The Labute approximate surface area is 201 Å². The average molecular weight is 539 g/mol. The monoisotopic (exact) mass is 539 g/mol. The van der Waals surface area contributed by atoms with E-state index in [9.17, 15) is 5.11 Å². The van der Waals surface area contributed by atoms with Crippen LogP contribution in [-0.4, -0.2) is 58.1 Å². The maximum atomic E-state index is 9.32. The summed E-state index contributed by atoms with van der Waals surface area (Å²) in [6.45, 7) is 6.73. The molecule has 9 heteroatoms. The fourth-order valence-electron chi connectivity index (χ4n) is 4.23. The molecule has 8 nitrogen and oxygen atoms in total. The number of benzene rings is 1. The van der Waals surface area contributed by atoms with Crippen molar-refractivity contribution in [2.24, 2.45) is 10.9 Å². The van der Waals surface area contributed by atoms with Crippen molar-refractivity contribution < 1.29 is 5.11 Å². The summed E-state index contributed by atoms with van der Waals surface area (Å²) in [5, 5.41) is 20.5. The van der Waals surface area contributed by atoms with Crippen LogP contribution in [0.4, 0.5) is 5.69 Å². The topological polar surface area (TPSA) is 90.6 Å². The molecule has 31 heavy (non-hydrogen) atoms. The van der Waals surface area contributed by atoms with E-state index in [1.54, 1.807) is 6.33 Å². The molecule has 0 saturated carbocycles. The number of aliphatic imine (C=N–C) groups is 1. The molecule has 2 aromatic rings. The van der Waals surface area contributed by atoms with Crippen LogP contribution in [0.2, 0.25) is 0 Å². The van der Waals surface area contributed by atoms with Crippen LogP contribution in [0, 0.1) is 5.92 Å². The van der Waals surface area contributed by atoms with Crippen LogP contribution in [0.25, 0.3) is 0 Å². The molecule has 3 N–H and O–H groups in total. The molecule has 0 spiro atoms. The highest BCUT2D eigenvalue weighted by Gasteiger charge is 2.21. The molecular weight excluding hydrogens is 505 g/mol. The molecule has 1 fully saturated rings. The first-order chi connectivity index (χ1) is 14.7. The first-order valence-corrected chi connectivity index (χ1v) is 11.1. The molecule has 1 aromatic heterocycles. The zero-order chi connectivity index (χ0) is 20.8. The molecule has 0 amide bonds. The standard InChI is InChI=1S/C22H33N7O.HI/c1-2-23-22(27-19-5-8-21-25-16-26-29(21)14-19)24-13-17-3-6-20(7-4-17)28-11-9-18(15-30)10-12-28;/h3-4,6-7,16,18-19,30H,2,5,8-15H2,1H3,(H2,23,24,27);1H. The first kappa shape index (κ1) is 23.8. The normalized spacial score (nSPS) is 19.5. The average Bonchev–Trinajstić information content (AvgIpc) is 3.26. The van der Waals surface area contributed by atoms with Crippen LogP contribution in [0.3, 0.4) is 0 Å². The van der Waals surface area contributed by atoms with Gasteiger partial charge in [-0.1, -0.05) is 12.1 Å². The predicted octanol–water partition coefficient (Wildman–Crippen LogP) is 2.17. The number of aromatic nitrogens is 3. The summed E-state index contributed by atoms with van der Waals surface area (Å²) in [5.74, 6) is 2.38. The molecule has 2 aliphatic rings. The summed E-state index contributed by atoms with van der Waals surface area (Å²) >= 11 is 0. The van der Waals surface area contributed by atoms with Gasteiger partial charge in [0, 0.05) is 44.4 Å². The molecule has 1 unspecified atom stereocenters. The van der Waals surface area contributed by atoms with E-state index in [0.29, 0.717) is 25.1 Å². The Hall–Kier alpha value is -1.88. The molecule has 0 radical (unpaired) electrons. The van der Waals surface area contributed by atoms with Crippen molar-refractivity contribution in [3.63, 3.8) is 0 Å². The molecule has 170 valence electrons. The van der Waals surface area contributed by atoms with E-state index >= 15 is 0 Å². The van der Waals surface area contributed by atoms with E-state index in [1.807, 2.05) is 4.68 Å². The van der Waals surface area contributed by atoms with Gasteiger partial charge in [-0.25, -0.2) is 14.7 Å². The minimum absolute atomic E-state index is 0. The van der Waals surface area contributed by atoms with Gasteiger partial charge in [-0.2, -0.15) is 5.10 Å². The van der Waals surface area contributed by atoms with E-state index in [4.69, 9.17) is 4.99 Å². The number of hydrogen-bond acceptors (Lipinski definition) is 5. The summed E-state index contributed by atoms with van der Waals surface area (Å²) in [5.41, 5.74) is 2.46. The number of piperidine rings is 1. The molecular formula is C22H34IN7O. The van der Waals surface area contributed by atoms with E-state index in [2.05, 4.69) is 56.8 Å². The quantitative estimate of drug-likeness (QED) is 0.296. The predicted molar refractivity (Wildman–Crippen MR) is 134 cm³/mol. The molecule has 0 aliphatic carbocycles. The van der Waals surface area contributed by atoms with Crippen molar-refractivity contribution in [1.82, 2.24) is 25.4 Å². The van der Waals surface area contributed by atoms with Gasteiger partial charge in [-0.3, -0.25) is 0 Å². The lowest BCUT2D eigenvalue weighted by atomic mass is 9.97. The largest absolute Gasteiger partial charge is 0.396 e. The SMILES string of the molecule is CCNC(=NCc1ccc(N2CCC(CO)CC2)cc1)NC1CCc2ncnn2C1.I. The number of aliphatic hydroxyl groups excluding tert-OH is 1. The third kappa shape index (κ3) is 6.31. The minimum atomic E-state index is 0. The van der Waals surface area contributed by atoms with Gasteiger partial charge in [0.15, 0.2) is 5.96 Å². The van der Waals surface area contributed by atoms with E-state index in [1.165, 1.54) is 11.3 Å². The molecule has 0 bridgehead atoms. The summed E-state index contributed by atoms with van der Waals surface area (Å²) in [7, 11) is 0. The zero-order valence-corrected chi connectivity index (χ0v) is 20.5. The summed E-state index contributed by atoms with van der Waals surface area (Å²) < 4.78 is 1.98. The number of halogens is 1. The van der Waals surface area contributed by atoms with Crippen molar-refractivity contribution in [1.29, 1.82) is 0 Å². The Morgan fingerprint density at radius 2 is 1.97 bits per heavy atom. The maximum absolute atomic E-state index is 9.32. The van der Waals surface area contributed by atoms with Crippen LogP contribution < -0.4 is 15.5 Å². The molecule has 4 rings (SSSR count). The van der Waals surface area contributed by atoms with Crippen LogP contribution in [-0.2, 0) is 19.5 Å². The van der Waals surface area contributed by atoms with Gasteiger partial charge in [0.2, 0.25) is 0 Å². The number of rotatable bonds is 6. The van der Waals surface area contributed by atoms with E-state index in [-0.39, 0.29) is 24.0 Å². The van der Waals surface area contributed by atoms with Crippen molar-refractivity contribution in [3.8, 4) is 0 Å².